The standard InChI is InChI=1S/C10H16N2O2/c1-4-8(13)5-9-7(2)10(14-3)12-6-11-9/h6,8,13H,4-5H2,1-3H3. The van der Waals surface area contributed by atoms with Crippen LogP contribution < -0.4 is 4.74 Å². The first-order valence-corrected chi connectivity index (χ1v) is 4.71. The van der Waals surface area contributed by atoms with Gasteiger partial charge in [-0.2, -0.15) is 0 Å². The molecule has 0 radical (unpaired) electrons. The molecule has 0 aliphatic heterocycles. The Hall–Kier alpha value is -1.16. The van der Waals surface area contributed by atoms with E-state index in [2.05, 4.69) is 9.97 Å². The molecule has 1 rings (SSSR count). The number of nitrogens with zero attached hydrogens (tertiary/aromatic N) is 2. The van der Waals surface area contributed by atoms with Gasteiger partial charge < -0.3 is 9.84 Å². The van der Waals surface area contributed by atoms with Crippen molar-refractivity contribution in [3.63, 3.8) is 0 Å². The second-order valence-electron chi connectivity index (χ2n) is 3.22. The summed E-state index contributed by atoms with van der Waals surface area (Å²) in [6, 6.07) is 0. The minimum atomic E-state index is -0.340. The van der Waals surface area contributed by atoms with Crippen LogP contribution in [0.4, 0.5) is 0 Å². The molecule has 1 aromatic heterocycles. The smallest absolute Gasteiger partial charge is 0.219 e. The average molecular weight is 196 g/mol. The molecule has 0 spiro atoms. The number of rotatable bonds is 4. The Kier molecular flexibility index (Phi) is 3.83. The fourth-order valence-corrected chi connectivity index (χ4v) is 1.25. The van der Waals surface area contributed by atoms with Crippen LogP contribution >= 0.6 is 0 Å². The lowest BCUT2D eigenvalue weighted by Gasteiger charge is -2.10. The molecule has 0 amide bonds. The van der Waals surface area contributed by atoms with Crippen LogP contribution in [0.15, 0.2) is 6.33 Å². The number of aliphatic hydroxyl groups excluding tert-OH is 1. The van der Waals surface area contributed by atoms with Gasteiger partial charge >= 0.3 is 0 Å². The fraction of sp³-hybridized carbons (Fsp3) is 0.600. The van der Waals surface area contributed by atoms with Crippen molar-refractivity contribution in [2.75, 3.05) is 7.11 Å². The van der Waals surface area contributed by atoms with Gasteiger partial charge in [-0.1, -0.05) is 6.92 Å². The maximum absolute atomic E-state index is 9.50. The maximum atomic E-state index is 9.50. The van der Waals surface area contributed by atoms with Gasteiger partial charge in [0, 0.05) is 12.0 Å². The van der Waals surface area contributed by atoms with Gasteiger partial charge in [0.05, 0.1) is 18.9 Å². The summed E-state index contributed by atoms with van der Waals surface area (Å²) < 4.78 is 5.07. The third kappa shape index (κ3) is 2.42. The summed E-state index contributed by atoms with van der Waals surface area (Å²) in [5.41, 5.74) is 1.76. The molecule has 0 saturated heterocycles. The van der Waals surface area contributed by atoms with Gasteiger partial charge in [0.25, 0.3) is 0 Å². The number of aliphatic hydroxyl groups is 1. The molecule has 0 saturated carbocycles. The van der Waals surface area contributed by atoms with Crippen LogP contribution in [0, 0.1) is 6.92 Å². The van der Waals surface area contributed by atoms with Crippen LogP contribution in [0.1, 0.15) is 24.6 Å². The molecule has 4 heteroatoms. The summed E-state index contributed by atoms with van der Waals surface area (Å²) in [4.78, 5) is 8.10. The van der Waals surface area contributed by atoms with E-state index < -0.39 is 0 Å². The third-order valence-electron chi connectivity index (χ3n) is 2.24. The Morgan fingerprint density at radius 2 is 2.21 bits per heavy atom. The SMILES string of the molecule is CCC(O)Cc1ncnc(OC)c1C. The Morgan fingerprint density at radius 3 is 2.79 bits per heavy atom. The van der Waals surface area contributed by atoms with E-state index in [1.54, 1.807) is 7.11 Å². The molecule has 0 bridgehead atoms. The van der Waals surface area contributed by atoms with E-state index in [-0.39, 0.29) is 6.10 Å². The minimum absolute atomic E-state index is 0.340. The third-order valence-corrected chi connectivity index (χ3v) is 2.24. The zero-order chi connectivity index (χ0) is 10.6. The molecular weight excluding hydrogens is 180 g/mol. The molecule has 4 nitrogen and oxygen atoms in total. The predicted molar refractivity (Wildman–Crippen MR) is 53.3 cm³/mol. The number of ether oxygens (including phenoxy) is 1. The highest BCUT2D eigenvalue weighted by molar-refractivity contribution is 5.28. The predicted octanol–water partition coefficient (Wildman–Crippen LogP) is 1.11. The normalized spacial score (nSPS) is 12.6. The van der Waals surface area contributed by atoms with Gasteiger partial charge in [-0.3, -0.25) is 0 Å². The molecule has 14 heavy (non-hydrogen) atoms. The fourth-order valence-electron chi connectivity index (χ4n) is 1.25. The topological polar surface area (TPSA) is 55.2 Å². The number of hydrogen-bond acceptors (Lipinski definition) is 4. The summed E-state index contributed by atoms with van der Waals surface area (Å²) in [6.45, 7) is 3.84. The van der Waals surface area contributed by atoms with Crippen LogP contribution in [-0.2, 0) is 6.42 Å². The molecule has 0 fully saturated rings. The molecular formula is C10H16N2O2. The van der Waals surface area contributed by atoms with Crippen molar-refractivity contribution in [1.29, 1.82) is 0 Å². The lowest BCUT2D eigenvalue weighted by atomic mass is 10.1. The van der Waals surface area contributed by atoms with Gasteiger partial charge in [-0.25, -0.2) is 9.97 Å². The zero-order valence-electron chi connectivity index (χ0n) is 8.82. The highest BCUT2D eigenvalue weighted by Crippen LogP contribution is 2.17. The number of aromatic nitrogens is 2. The monoisotopic (exact) mass is 196 g/mol. The van der Waals surface area contributed by atoms with Crippen molar-refractivity contribution >= 4 is 0 Å². The highest BCUT2D eigenvalue weighted by atomic mass is 16.5. The maximum Gasteiger partial charge on any atom is 0.219 e. The lowest BCUT2D eigenvalue weighted by Crippen LogP contribution is -2.11. The summed E-state index contributed by atoms with van der Waals surface area (Å²) in [5, 5.41) is 9.50. The molecule has 1 aromatic rings. The largest absolute Gasteiger partial charge is 0.481 e. The van der Waals surface area contributed by atoms with E-state index in [1.165, 1.54) is 6.33 Å². The average Bonchev–Trinajstić information content (AvgIpc) is 2.21. The van der Waals surface area contributed by atoms with Crippen LogP contribution in [-0.4, -0.2) is 28.3 Å². The summed E-state index contributed by atoms with van der Waals surface area (Å²) in [7, 11) is 1.58. The van der Waals surface area contributed by atoms with Crippen molar-refractivity contribution in [1.82, 2.24) is 9.97 Å². The molecule has 0 aliphatic carbocycles. The second-order valence-corrected chi connectivity index (χ2v) is 3.22. The van der Waals surface area contributed by atoms with Gasteiger partial charge in [-0.15, -0.1) is 0 Å². The quantitative estimate of drug-likeness (QED) is 0.783. The molecule has 78 valence electrons. The van der Waals surface area contributed by atoms with E-state index in [9.17, 15) is 5.11 Å². The van der Waals surface area contributed by atoms with Crippen LogP contribution in [0.25, 0.3) is 0 Å². The van der Waals surface area contributed by atoms with Crippen molar-refractivity contribution in [3.05, 3.63) is 17.6 Å². The highest BCUT2D eigenvalue weighted by Gasteiger charge is 2.10. The summed E-state index contributed by atoms with van der Waals surface area (Å²) in [5.74, 6) is 0.582. The molecule has 1 N–H and O–H groups in total. The summed E-state index contributed by atoms with van der Waals surface area (Å²) in [6.07, 6.45) is 2.41. The van der Waals surface area contributed by atoms with E-state index >= 15 is 0 Å². The summed E-state index contributed by atoms with van der Waals surface area (Å²) >= 11 is 0. The van der Waals surface area contributed by atoms with E-state index in [4.69, 9.17) is 4.74 Å². The van der Waals surface area contributed by atoms with Crippen molar-refractivity contribution < 1.29 is 9.84 Å². The van der Waals surface area contributed by atoms with Crippen LogP contribution in [0.5, 0.6) is 5.88 Å². The molecule has 1 heterocycles. The minimum Gasteiger partial charge on any atom is -0.481 e. The molecule has 0 aliphatic rings. The van der Waals surface area contributed by atoms with Crippen LogP contribution in [0.3, 0.4) is 0 Å². The van der Waals surface area contributed by atoms with Crippen molar-refractivity contribution in [3.8, 4) is 5.88 Å². The van der Waals surface area contributed by atoms with Crippen LogP contribution in [0.2, 0.25) is 0 Å². The van der Waals surface area contributed by atoms with E-state index in [1.807, 2.05) is 13.8 Å². The van der Waals surface area contributed by atoms with Crippen molar-refractivity contribution in [2.24, 2.45) is 0 Å². The Balaban J connectivity index is 2.86. The van der Waals surface area contributed by atoms with E-state index in [0.717, 1.165) is 17.7 Å². The van der Waals surface area contributed by atoms with Gasteiger partial charge in [0.15, 0.2) is 0 Å². The van der Waals surface area contributed by atoms with Gasteiger partial charge in [0.1, 0.15) is 6.33 Å². The van der Waals surface area contributed by atoms with E-state index in [0.29, 0.717) is 12.3 Å². The number of methoxy groups -OCH3 is 1. The molecule has 0 aromatic carbocycles. The first-order valence-electron chi connectivity index (χ1n) is 4.71. The van der Waals surface area contributed by atoms with Gasteiger partial charge in [0.2, 0.25) is 5.88 Å². The Labute approximate surface area is 84.0 Å². The van der Waals surface area contributed by atoms with Gasteiger partial charge in [-0.05, 0) is 13.3 Å². The molecule has 1 unspecified atom stereocenters. The van der Waals surface area contributed by atoms with Crippen molar-refractivity contribution in [2.45, 2.75) is 32.8 Å². The second kappa shape index (κ2) is 4.91. The lowest BCUT2D eigenvalue weighted by molar-refractivity contribution is 0.169. The Morgan fingerprint density at radius 1 is 1.50 bits per heavy atom. The number of hydrogen-bond donors (Lipinski definition) is 1. The zero-order valence-corrected chi connectivity index (χ0v) is 8.82. The first-order chi connectivity index (χ1) is 6.69. The first kappa shape index (κ1) is 10.9. The molecule has 1 atom stereocenters. The Bertz CT molecular complexity index is 302.